The van der Waals surface area contributed by atoms with Gasteiger partial charge in [-0.15, -0.1) is 5.10 Å². The first-order valence-electron chi connectivity index (χ1n) is 6.79. The smallest absolute Gasteiger partial charge is 0.358 e. The third-order valence-corrected chi connectivity index (χ3v) is 3.14. The predicted octanol–water partition coefficient (Wildman–Crippen LogP) is 1.96. The number of hydrogen-bond donors (Lipinski definition) is 1. The quantitative estimate of drug-likeness (QED) is 0.782. The molecule has 0 fully saturated rings. The minimum absolute atomic E-state index is 0.0199. The average molecular weight is 277 g/mol. The summed E-state index contributed by atoms with van der Waals surface area (Å²) in [5, 5.41) is 21.0. The van der Waals surface area contributed by atoms with Crippen LogP contribution in [-0.2, 0) is 13.6 Å². The molecule has 108 valence electrons. The Balaban J connectivity index is 2.26. The third kappa shape index (κ3) is 3.04. The standard InChI is InChI=1S/C13H19N5O2/c1-3-4-5-6-7-18-12(10-8-14-17(2)9-10)11(13(19)20)15-16-18/h8-9H,3-7H2,1-2H3,(H,19,20). The van der Waals surface area contributed by atoms with Crippen LogP contribution >= 0.6 is 0 Å². The van der Waals surface area contributed by atoms with Crippen molar-refractivity contribution < 1.29 is 9.90 Å². The Bertz CT molecular complexity index is 587. The number of nitrogens with zero attached hydrogens (tertiary/aromatic N) is 5. The lowest BCUT2D eigenvalue weighted by atomic mass is 10.2. The summed E-state index contributed by atoms with van der Waals surface area (Å²) >= 11 is 0. The Morgan fingerprint density at radius 1 is 1.35 bits per heavy atom. The largest absolute Gasteiger partial charge is 0.476 e. The fraction of sp³-hybridized carbons (Fsp3) is 0.538. The van der Waals surface area contributed by atoms with Gasteiger partial charge in [0, 0.05) is 25.4 Å². The van der Waals surface area contributed by atoms with E-state index in [1.165, 1.54) is 6.42 Å². The fourth-order valence-corrected chi connectivity index (χ4v) is 2.13. The van der Waals surface area contributed by atoms with Crippen LogP contribution in [0.1, 0.15) is 43.1 Å². The maximum absolute atomic E-state index is 11.2. The maximum Gasteiger partial charge on any atom is 0.358 e. The molecule has 0 radical (unpaired) electrons. The molecule has 0 saturated heterocycles. The number of carbonyl (C=O) groups is 1. The number of aromatic nitrogens is 5. The molecule has 0 unspecified atom stereocenters. The number of carboxylic acid groups (broad SMARTS) is 1. The Hall–Kier alpha value is -2.18. The molecular weight excluding hydrogens is 258 g/mol. The van der Waals surface area contributed by atoms with E-state index in [0.717, 1.165) is 24.8 Å². The van der Waals surface area contributed by atoms with Gasteiger partial charge < -0.3 is 5.11 Å². The van der Waals surface area contributed by atoms with E-state index in [0.29, 0.717) is 12.2 Å². The second-order valence-corrected chi connectivity index (χ2v) is 4.78. The van der Waals surface area contributed by atoms with Crippen LogP contribution in [0.25, 0.3) is 11.3 Å². The molecule has 1 N–H and O–H groups in total. The summed E-state index contributed by atoms with van der Waals surface area (Å²) in [6.07, 6.45) is 7.80. The van der Waals surface area contributed by atoms with Crippen molar-refractivity contribution in [3.05, 3.63) is 18.1 Å². The molecule has 2 rings (SSSR count). The van der Waals surface area contributed by atoms with Crippen molar-refractivity contribution in [3.63, 3.8) is 0 Å². The molecule has 0 aliphatic rings. The van der Waals surface area contributed by atoms with Crippen LogP contribution in [-0.4, -0.2) is 35.9 Å². The summed E-state index contributed by atoms with van der Waals surface area (Å²) in [5.41, 5.74) is 1.24. The van der Waals surface area contributed by atoms with Gasteiger partial charge >= 0.3 is 5.97 Å². The summed E-state index contributed by atoms with van der Waals surface area (Å²) in [5.74, 6) is -1.07. The lowest BCUT2D eigenvalue weighted by Gasteiger charge is -2.05. The highest BCUT2D eigenvalue weighted by Crippen LogP contribution is 2.22. The van der Waals surface area contributed by atoms with Gasteiger partial charge in [-0.3, -0.25) is 4.68 Å². The highest BCUT2D eigenvalue weighted by atomic mass is 16.4. The molecule has 0 bridgehead atoms. The molecule has 2 heterocycles. The highest BCUT2D eigenvalue weighted by molar-refractivity contribution is 5.92. The SMILES string of the molecule is CCCCCCn1nnc(C(=O)O)c1-c1cnn(C)c1. The minimum Gasteiger partial charge on any atom is -0.476 e. The van der Waals surface area contributed by atoms with Crippen LogP contribution in [0.2, 0.25) is 0 Å². The molecule has 0 saturated carbocycles. The van der Waals surface area contributed by atoms with Crippen molar-refractivity contribution in [1.82, 2.24) is 24.8 Å². The van der Waals surface area contributed by atoms with Gasteiger partial charge in [0.25, 0.3) is 0 Å². The van der Waals surface area contributed by atoms with Crippen LogP contribution in [0.4, 0.5) is 0 Å². The Kier molecular flexibility index (Phi) is 4.49. The second kappa shape index (κ2) is 6.31. The van der Waals surface area contributed by atoms with Crippen molar-refractivity contribution in [3.8, 4) is 11.3 Å². The Morgan fingerprint density at radius 3 is 2.75 bits per heavy atom. The van der Waals surface area contributed by atoms with Gasteiger partial charge in [-0.2, -0.15) is 5.10 Å². The third-order valence-electron chi connectivity index (χ3n) is 3.14. The summed E-state index contributed by atoms with van der Waals surface area (Å²) in [6, 6.07) is 0. The lowest BCUT2D eigenvalue weighted by Crippen LogP contribution is -2.05. The van der Waals surface area contributed by atoms with Gasteiger partial charge in [0.05, 0.1) is 6.20 Å². The van der Waals surface area contributed by atoms with Crippen LogP contribution in [0.5, 0.6) is 0 Å². The number of hydrogen-bond acceptors (Lipinski definition) is 4. The van der Waals surface area contributed by atoms with E-state index in [9.17, 15) is 9.90 Å². The Morgan fingerprint density at radius 2 is 2.15 bits per heavy atom. The van der Waals surface area contributed by atoms with Crippen molar-refractivity contribution >= 4 is 5.97 Å². The van der Waals surface area contributed by atoms with Crippen molar-refractivity contribution in [2.24, 2.45) is 7.05 Å². The van der Waals surface area contributed by atoms with Crippen LogP contribution in [0.3, 0.4) is 0 Å². The second-order valence-electron chi connectivity index (χ2n) is 4.78. The normalized spacial score (nSPS) is 10.9. The summed E-state index contributed by atoms with van der Waals surface area (Å²) in [6.45, 7) is 2.82. The monoisotopic (exact) mass is 277 g/mol. The number of unbranched alkanes of at least 4 members (excludes halogenated alkanes) is 3. The first-order valence-corrected chi connectivity index (χ1v) is 6.79. The zero-order valence-corrected chi connectivity index (χ0v) is 11.8. The zero-order chi connectivity index (χ0) is 14.5. The van der Waals surface area contributed by atoms with Gasteiger partial charge in [0.15, 0.2) is 5.69 Å². The molecule has 7 nitrogen and oxygen atoms in total. The first kappa shape index (κ1) is 14.2. The van der Waals surface area contributed by atoms with Crippen LogP contribution < -0.4 is 0 Å². The van der Waals surface area contributed by atoms with E-state index >= 15 is 0 Å². The maximum atomic E-state index is 11.2. The summed E-state index contributed by atoms with van der Waals surface area (Å²) in [7, 11) is 1.79. The van der Waals surface area contributed by atoms with E-state index < -0.39 is 5.97 Å². The first-order chi connectivity index (χ1) is 9.63. The molecule has 0 aliphatic carbocycles. The van der Waals surface area contributed by atoms with Crippen molar-refractivity contribution in [2.45, 2.75) is 39.2 Å². The summed E-state index contributed by atoms with van der Waals surface area (Å²) in [4.78, 5) is 11.2. The predicted molar refractivity (Wildman–Crippen MR) is 73.3 cm³/mol. The average Bonchev–Trinajstić information content (AvgIpc) is 3.00. The molecule has 2 aromatic heterocycles. The van der Waals surface area contributed by atoms with Gasteiger partial charge in [-0.05, 0) is 6.42 Å². The molecule has 0 aromatic carbocycles. The van der Waals surface area contributed by atoms with Crippen molar-refractivity contribution in [1.29, 1.82) is 0 Å². The summed E-state index contributed by atoms with van der Waals surface area (Å²) < 4.78 is 3.30. The van der Waals surface area contributed by atoms with E-state index in [1.54, 1.807) is 28.8 Å². The minimum atomic E-state index is -1.07. The van der Waals surface area contributed by atoms with E-state index in [4.69, 9.17) is 0 Å². The Labute approximate surface area is 117 Å². The molecule has 20 heavy (non-hydrogen) atoms. The van der Waals surface area contributed by atoms with Gasteiger partial charge in [-0.1, -0.05) is 31.4 Å². The highest BCUT2D eigenvalue weighted by Gasteiger charge is 2.21. The fourth-order valence-electron chi connectivity index (χ4n) is 2.13. The molecule has 2 aromatic rings. The van der Waals surface area contributed by atoms with Gasteiger partial charge in [0.2, 0.25) is 0 Å². The van der Waals surface area contributed by atoms with Gasteiger partial charge in [-0.25, -0.2) is 9.48 Å². The van der Waals surface area contributed by atoms with E-state index in [-0.39, 0.29) is 5.69 Å². The van der Waals surface area contributed by atoms with Gasteiger partial charge in [0.1, 0.15) is 5.69 Å². The molecular formula is C13H19N5O2. The lowest BCUT2D eigenvalue weighted by molar-refractivity contribution is 0.0691. The number of aromatic carboxylic acids is 1. The molecule has 0 atom stereocenters. The van der Waals surface area contributed by atoms with Crippen LogP contribution in [0, 0.1) is 0 Å². The van der Waals surface area contributed by atoms with E-state index in [1.807, 2.05) is 0 Å². The molecule has 0 aliphatic heterocycles. The topological polar surface area (TPSA) is 85.8 Å². The number of rotatable bonds is 7. The molecule has 0 amide bonds. The van der Waals surface area contributed by atoms with Crippen molar-refractivity contribution in [2.75, 3.05) is 0 Å². The zero-order valence-electron chi connectivity index (χ0n) is 11.8. The number of aryl methyl sites for hydroxylation is 2. The molecule has 7 heteroatoms. The van der Waals surface area contributed by atoms with E-state index in [2.05, 4.69) is 22.3 Å². The van der Waals surface area contributed by atoms with Crippen LogP contribution in [0.15, 0.2) is 12.4 Å². The number of carboxylic acids is 1. The molecule has 0 spiro atoms.